The monoisotopic (exact) mass is 228 g/mol. The van der Waals surface area contributed by atoms with E-state index in [-0.39, 0.29) is 23.4 Å². The molecule has 2 fully saturated rings. The Labute approximate surface area is 96.2 Å². The van der Waals surface area contributed by atoms with Crippen LogP contribution >= 0.6 is 0 Å². The Morgan fingerprint density at radius 2 is 2.31 bits per heavy atom. The highest BCUT2D eigenvalue weighted by Crippen LogP contribution is 2.36. The number of ether oxygens (including phenoxy) is 3. The summed E-state index contributed by atoms with van der Waals surface area (Å²) in [4.78, 5) is 12.0. The van der Waals surface area contributed by atoms with Crippen molar-refractivity contribution >= 4 is 5.78 Å². The molecule has 0 aliphatic carbocycles. The summed E-state index contributed by atoms with van der Waals surface area (Å²) in [6.07, 6.45) is 2.22. The van der Waals surface area contributed by atoms with E-state index in [0.29, 0.717) is 13.2 Å². The first-order valence-corrected chi connectivity index (χ1v) is 5.95. The molecule has 4 heteroatoms. The predicted octanol–water partition coefficient (Wildman–Crippen LogP) is 1.18. The van der Waals surface area contributed by atoms with Crippen LogP contribution in [0, 0.1) is 5.92 Å². The van der Waals surface area contributed by atoms with Gasteiger partial charge in [0.15, 0.2) is 5.78 Å². The fourth-order valence-corrected chi connectivity index (χ4v) is 2.58. The Kier molecular flexibility index (Phi) is 3.62. The van der Waals surface area contributed by atoms with Gasteiger partial charge in [-0.25, -0.2) is 0 Å². The summed E-state index contributed by atoms with van der Waals surface area (Å²) < 4.78 is 16.3. The van der Waals surface area contributed by atoms with Gasteiger partial charge >= 0.3 is 0 Å². The maximum absolute atomic E-state index is 12.0. The van der Waals surface area contributed by atoms with Crippen LogP contribution in [0.1, 0.15) is 26.2 Å². The van der Waals surface area contributed by atoms with Crippen molar-refractivity contribution in [2.75, 3.05) is 26.9 Å². The molecular weight excluding hydrogens is 208 g/mol. The van der Waals surface area contributed by atoms with Gasteiger partial charge in [-0.05, 0) is 19.8 Å². The van der Waals surface area contributed by atoms with E-state index in [4.69, 9.17) is 14.2 Å². The maximum atomic E-state index is 12.0. The lowest BCUT2D eigenvalue weighted by molar-refractivity contribution is -0.145. The molecule has 4 nitrogen and oxygen atoms in total. The number of Topliss-reactive ketones (excluding diaryl/α,β-unsaturated/α-hetero) is 1. The van der Waals surface area contributed by atoms with Gasteiger partial charge in [0.25, 0.3) is 0 Å². The third-order valence-electron chi connectivity index (χ3n) is 3.72. The van der Waals surface area contributed by atoms with Crippen LogP contribution in [-0.2, 0) is 19.0 Å². The number of hydrogen-bond donors (Lipinski definition) is 0. The molecule has 1 spiro atoms. The lowest BCUT2D eigenvalue weighted by Gasteiger charge is -2.37. The van der Waals surface area contributed by atoms with Crippen molar-refractivity contribution < 1.29 is 19.0 Å². The SMILES string of the molecule is COC(C)C(=O)C1CCOC2(CCOC2)C1. The Hall–Kier alpha value is -0.450. The first-order chi connectivity index (χ1) is 7.67. The molecule has 2 aliphatic heterocycles. The molecule has 0 aromatic carbocycles. The van der Waals surface area contributed by atoms with Gasteiger partial charge in [-0.15, -0.1) is 0 Å². The molecule has 0 radical (unpaired) electrons. The lowest BCUT2D eigenvalue weighted by Crippen LogP contribution is -2.44. The number of rotatable bonds is 3. The number of hydrogen-bond acceptors (Lipinski definition) is 4. The molecule has 0 bridgehead atoms. The topological polar surface area (TPSA) is 44.8 Å². The van der Waals surface area contributed by atoms with Crippen molar-refractivity contribution in [3.8, 4) is 0 Å². The molecule has 0 aromatic rings. The smallest absolute Gasteiger partial charge is 0.164 e. The largest absolute Gasteiger partial charge is 0.378 e. The summed E-state index contributed by atoms with van der Waals surface area (Å²) in [6.45, 7) is 3.87. The van der Waals surface area contributed by atoms with Crippen molar-refractivity contribution in [3.63, 3.8) is 0 Å². The maximum Gasteiger partial charge on any atom is 0.164 e. The highest BCUT2D eigenvalue weighted by atomic mass is 16.6. The van der Waals surface area contributed by atoms with Gasteiger partial charge in [-0.3, -0.25) is 4.79 Å². The number of carbonyl (C=O) groups excluding carboxylic acids is 1. The Morgan fingerprint density at radius 1 is 1.50 bits per heavy atom. The van der Waals surface area contributed by atoms with Crippen LogP contribution in [0.25, 0.3) is 0 Å². The molecule has 0 amide bonds. The van der Waals surface area contributed by atoms with E-state index in [1.807, 2.05) is 6.92 Å². The van der Waals surface area contributed by atoms with E-state index >= 15 is 0 Å². The summed E-state index contributed by atoms with van der Waals surface area (Å²) >= 11 is 0. The summed E-state index contributed by atoms with van der Waals surface area (Å²) in [5.74, 6) is 0.280. The Balaban J connectivity index is 1.98. The third-order valence-corrected chi connectivity index (χ3v) is 3.72. The molecular formula is C12H20O4. The van der Waals surface area contributed by atoms with Crippen LogP contribution in [0.15, 0.2) is 0 Å². The van der Waals surface area contributed by atoms with Gasteiger partial charge in [-0.2, -0.15) is 0 Å². The van der Waals surface area contributed by atoms with Gasteiger partial charge in [0.05, 0.1) is 12.2 Å². The van der Waals surface area contributed by atoms with Crippen LogP contribution < -0.4 is 0 Å². The average molecular weight is 228 g/mol. The zero-order valence-electron chi connectivity index (χ0n) is 10.0. The Morgan fingerprint density at radius 3 is 2.94 bits per heavy atom. The second-order valence-corrected chi connectivity index (χ2v) is 4.80. The van der Waals surface area contributed by atoms with Gasteiger partial charge in [0, 0.05) is 32.7 Å². The minimum Gasteiger partial charge on any atom is -0.378 e. The quantitative estimate of drug-likeness (QED) is 0.727. The van der Waals surface area contributed by atoms with Gasteiger partial charge in [0.1, 0.15) is 6.10 Å². The fourth-order valence-electron chi connectivity index (χ4n) is 2.58. The van der Waals surface area contributed by atoms with Crippen LogP contribution in [0.2, 0.25) is 0 Å². The van der Waals surface area contributed by atoms with Gasteiger partial charge in [0.2, 0.25) is 0 Å². The van der Waals surface area contributed by atoms with E-state index in [0.717, 1.165) is 25.9 Å². The van der Waals surface area contributed by atoms with Crippen LogP contribution in [-0.4, -0.2) is 44.4 Å². The molecule has 0 aromatic heterocycles. The normalized spacial score (nSPS) is 36.5. The number of ketones is 1. The number of methoxy groups -OCH3 is 1. The van der Waals surface area contributed by atoms with Crippen molar-refractivity contribution in [2.45, 2.75) is 37.9 Å². The molecule has 2 saturated heterocycles. The molecule has 3 atom stereocenters. The number of carbonyl (C=O) groups is 1. The molecule has 16 heavy (non-hydrogen) atoms. The van der Waals surface area contributed by atoms with Crippen molar-refractivity contribution in [2.24, 2.45) is 5.92 Å². The van der Waals surface area contributed by atoms with Crippen molar-refractivity contribution in [3.05, 3.63) is 0 Å². The highest BCUT2D eigenvalue weighted by Gasteiger charge is 2.43. The zero-order valence-corrected chi connectivity index (χ0v) is 10.0. The Bertz CT molecular complexity index is 258. The van der Waals surface area contributed by atoms with Crippen LogP contribution in [0.5, 0.6) is 0 Å². The molecule has 0 N–H and O–H groups in total. The summed E-state index contributed by atoms with van der Waals surface area (Å²) in [6, 6.07) is 0. The predicted molar refractivity (Wildman–Crippen MR) is 58.3 cm³/mol. The molecule has 2 heterocycles. The average Bonchev–Trinajstić information content (AvgIpc) is 2.75. The first-order valence-electron chi connectivity index (χ1n) is 5.95. The van der Waals surface area contributed by atoms with Crippen LogP contribution in [0.3, 0.4) is 0 Å². The van der Waals surface area contributed by atoms with E-state index in [1.165, 1.54) is 0 Å². The molecule has 3 unspecified atom stereocenters. The third kappa shape index (κ3) is 2.29. The lowest BCUT2D eigenvalue weighted by atomic mass is 9.82. The van der Waals surface area contributed by atoms with Crippen molar-refractivity contribution in [1.82, 2.24) is 0 Å². The summed E-state index contributed by atoms with van der Waals surface area (Å²) in [7, 11) is 1.58. The highest BCUT2D eigenvalue weighted by molar-refractivity contribution is 5.85. The van der Waals surface area contributed by atoms with Gasteiger partial charge in [-0.1, -0.05) is 0 Å². The molecule has 0 saturated carbocycles. The standard InChI is InChI=1S/C12H20O4/c1-9(14-2)11(13)10-3-5-16-12(7-10)4-6-15-8-12/h9-10H,3-8H2,1-2H3. The second-order valence-electron chi connectivity index (χ2n) is 4.80. The molecule has 2 aliphatic rings. The van der Waals surface area contributed by atoms with E-state index in [2.05, 4.69) is 0 Å². The second kappa shape index (κ2) is 4.82. The van der Waals surface area contributed by atoms with E-state index < -0.39 is 0 Å². The van der Waals surface area contributed by atoms with E-state index in [9.17, 15) is 4.79 Å². The zero-order chi connectivity index (χ0) is 11.6. The minimum absolute atomic E-state index is 0.0744. The minimum atomic E-state index is -0.303. The van der Waals surface area contributed by atoms with Gasteiger partial charge < -0.3 is 14.2 Å². The van der Waals surface area contributed by atoms with Crippen LogP contribution in [0.4, 0.5) is 0 Å². The fraction of sp³-hybridized carbons (Fsp3) is 0.917. The first kappa shape index (κ1) is 12.0. The molecule has 2 rings (SSSR count). The summed E-state index contributed by atoms with van der Waals surface area (Å²) in [5, 5.41) is 0. The molecule has 92 valence electrons. The van der Waals surface area contributed by atoms with E-state index in [1.54, 1.807) is 7.11 Å². The summed E-state index contributed by atoms with van der Waals surface area (Å²) in [5.41, 5.74) is -0.188. The van der Waals surface area contributed by atoms with Crippen molar-refractivity contribution in [1.29, 1.82) is 0 Å².